The second-order valence-corrected chi connectivity index (χ2v) is 5.42. The third-order valence-electron chi connectivity index (χ3n) is 2.24. The summed E-state index contributed by atoms with van der Waals surface area (Å²) < 4.78 is 44.1. The maximum atomic E-state index is 13.4. The van der Waals surface area contributed by atoms with E-state index in [1.165, 1.54) is 18.2 Å². The van der Waals surface area contributed by atoms with Crippen molar-refractivity contribution in [3.05, 3.63) is 47.6 Å². The van der Waals surface area contributed by atoms with Gasteiger partial charge in [-0.2, -0.15) is 0 Å². The number of benzene rings is 1. The van der Waals surface area contributed by atoms with E-state index in [9.17, 15) is 12.8 Å². The molecule has 0 spiro atoms. The van der Waals surface area contributed by atoms with Crippen LogP contribution >= 0.6 is 0 Å². The summed E-state index contributed by atoms with van der Waals surface area (Å²) in [7, 11) is -3.89. The predicted octanol–water partition coefficient (Wildman–Crippen LogP) is 1.60. The number of hydrogen-bond donors (Lipinski definition) is 1. The Labute approximate surface area is 104 Å². The van der Waals surface area contributed by atoms with Crippen molar-refractivity contribution >= 4 is 10.0 Å². The first-order valence-electron chi connectivity index (χ1n) is 5.15. The van der Waals surface area contributed by atoms with E-state index in [2.05, 4.69) is 9.88 Å². The summed E-state index contributed by atoms with van der Waals surface area (Å²) in [5.74, 6) is -0.425. The molecule has 0 fully saturated rings. The zero-order valence-corrected chi connectivity index (χ0v) is 10.4. The molecule has 0 aliphatic carbocycles. The highest BCUT2D eigenvalue weighted by molar-refractivity contribution is 7.89. The minimum Gasteiger partial charge on any atom is -0.360 e. The molecule has 0 bridgehead atoms. The lowest BCUT2D eigenvalue weighted by atomic mass is 10.4. The average molecular weight is 270 g/mol. The lowest BCUT2D eigenvalue weighted by molar-refractivity contribution is 0.377. The molecule has 1 aromatic carbocycles. The van der Waals surface area contributed by atoms with Crippen molar-refractivity contribution in [2.45, 2.75) is 18.4 Å². The third-order valence-corrected chi connectivity index (χ3v) is 3.67. The smallest absolute Gasteiger partial charge is 0.243 e. The largest absolute Gasteiger partial charge is 0.360 e. The number of halogens is 1. The van der Waals surface area contributed by atoms with E-state index < -0.39 is 15.8 Å². The normalized spacial score (nSPS) is 11.7. The summed E-state index contributed by atoms with van der Waals surface area (Å²) in [6, 6.07) is 6.77. The van der Waals surface area contributed by atoms with Crippen molar-refractivity contribution < 1.29 is 17.3 Å². The molecule has 0 aliphatic heterocycles. The minimum absolute atomic E-state index is 0.0719. The average Bonchev–Trinajstić information content (AvgIpc) is 2.73. The molecule has 7 heteroatoms. The van der Waals surface area contributed by atoms with Crippen molar-refractivity contribution in [1.82, 2.24) is 9.88 Å². The molecular weight excluding hydrogens is 259 g/mol. The lowest BCUT2D eigenvalue weighted by Crippen LogP contribution is -2.23. The summed E-state index contributed by atoms with van der Waals surface area (Å²) in [5, 5.41) is 3.62. The van der Waals surface area contributed by atoms with Crippen molar-refractivity contribution in [2.75, 3.05) is 0 Å². The van der Waals surface area contributed by atoms with Gasteiger partial charge in [0.15, 0.2) is 5.76 Å². The van der Waals surface area contributed by atoms with Gasteiger partial charge < -0.3 is 4.52 Å². The van der Waals surface area contributed by atoms with Gasteiger partial charge in [-0.1, -0.05) is 17.3 Å². The van der Waals surface area contributed by atoms with E-state index >= 15 is 0 Å². The maximum Gasteiger partial charge on any atom is 0.243 e. The van der Waals surface area contributed by atoms with Gasteiger partial charge in [0.1, 0.15) is 10.7 Å². The number of sulfonamides is 1. The molecule has 18 heavy (non-hydrogen) atoms. The third kappa shape index (κ3) is 2.74. The van der Waals surface area contributed by atoms with Crippen molar-refractivity contribution in [3.63, 3.8) is 0 Å². The fraction of sp³-hybridized carbons (Fsp3) is 0.182. The van der Waals surface area contributed by atoms with Gasteiger partial charge in [0.25, 0.3) is 0 Å². The standard InChI is InChI=1S/C11H11FN2O3S/c1-8-6-9(17-14-8)7-13-18(15,16)11-5-3-2-4-10(11)12/h2-6,13H,7H2,1H3. The van der Waals surface area contributed by atoms with Crippen molar-refractivity contribution in [3.8, 4) is 0 Å². The quantitative estimate of drug-likeness (QED) is 0.916. The Balaban J connectivity index is 2.16. The highest BCUT2D eigenvalue weighted by Gasteiger charge is 2.18. The van der Waals surface area contributed by atoms with E-state index in [1.807, 2.05) is 0 Å². The zero-order valence-electron chi connectivity index (χ0n) is 9.55. The molecule has 0 amide bonds. The van der Waals surface area contributed by atoms with Crippen LogP contribution in [-0.2, 0) is 16.6 Å². The topological polar surface area (TPSA) is 72.2 Å². The Morgan fingerprint density at radius 1 is 1.39 bits per heavy atom. The molecule has 0 aliphatic rings. The molecule has 0 saturated heterocycles. The van der Waals surface area contributed by atoms with E-state index in [1.54, 1.807) is 13.0 Å². The van der Waals surface area contributed by atoms with E-state index in [4.69, 9.17) is 4.52 Å². The molecule has 0 unspecified atom stereocenters. The van der Waals surface area contributed by atoms with Crippen LogP contribution < -0.4 is 4.72 Å². The van der Waals surface area contributed by atoms with Crippen LogP contribution in [0.25, 0.3) is 0 Å². The number of aromatic nitrogens is 1. The zero-order chi connectivity index (χ0) is 13.2. The molecule has 0 saturated carbocycles. The maximum absolute atomic E-state index is 13.4. The minimum atomic E-state index is -3.89. The monoisotopic (exact) mass is 270 g/mol. The Morgan fingerprint density at radius 3 is 2.72 bits per heavy atom. The van der Waals surface area contributed by atoms with Crippen LogP contribution in [0.2, 0.25) is 0 Å². The number of nitrogens with zero attached hydrogens (tertiary/aromatic N) is 1. The molecule has 1 heterocycles. The van der Waals surface area contributed by atoms with Gasteiger partial charge in [0.05, 0.1) is 12.2 Å². The lowest BCUT2D eigenvalue weighted by Gasteiger charge is -2.05. The van der Waals surface area contributed by atoms with Gasteiger partial charge >= 0.3 is 0 Å². The van der Waals surface area contributed by atoms with E-state index in [-0.39, 0.29) is 11.4 Å². The fourth-order valence-corrected chi connectivity index (χ4v) is 2.48. The highest BCUT2D eigenvalue weighted by Crippen LogP contribution is 2.13. The summed E-state index contributed by atoms with van der Waals surface area (Å²) in [6.07, 6.45) is 0. The number of nitrogens with one attached hydrogen (secondary N) is 1. The number of aryl methyl sites for hydroxylation is 1. The number of rotatable bonds is 4. The van der Waals surface area contributed by atoms with Crippen LogP contribution in [0.5, 0.6) is 0 Å². The Kier molecular flexibility index (Phi) is 3.44. The molecule has 1 N–H and O–H groups in total. The first kappa shape index (κ1) is 12.7. The molecular formula is C11H11FN2O3S. The van der Waals surface area contributed by atoms with Gasteiger partial charge in [0, 0.05) is 6.07 Å². The second kappa shape index (κ2) is 4.87. The predicted molar refractivity (Wildman–Crippen MR) is 61.7 cm³/mol. The summed E-state index contributed by atoms with van der Waals surface area (Å²) >= 11 is 0. The van der Waals surface area contributed by atoms with Gasteiger partial charge in [-0.25, -0.2) is 17.5 Å². The Morgan fingerprint density at radius 2 is 2.11 bits per heavy atom. The van der Waals surface area contributed by atoms with Gasteiger partial charge in [-0.05, 0) is 19.1 Å². The van der Waals surface area contributed by atoms with Crippen molar-refractivity contribution in [2.24, 2.45) is 0 Å². The molecule has 0 radical (unpaired) electrons. The van der Waals surface area contributed by atoms with Crippen LogP contribution in [0, 0.1) is 12.7 Å². The first-order chi connectivity index (χ1) is 8.49. The van der Waals surface area contributed by atoms with Crippen LogP contribution in [-0.4, -0.2) is 13.6 Å². The molecule has 5 nitrogen and oxygen atoms in total. The van der Waals surface area contributed by atoms with Gasteiger partial charge in [-0.3, -0.25) is 0 Å². The van der Waals surface area contributed by atoms with E-state index in [0.29, 0.717) is 11.5 Å². The van der Waals surface area contributed by atoms with Crippen LogP contribution in [0.15, 0.2) is 39.8 Å². The second-order valence-electron chi connectivity index (χ2n) is 3.69. The van der Waals surface area contributed by atoms with Crippen LogP contribution in [0.4, 0.5) is 4.39 Å². The molecule has 96 valence electrons. The summed E-state index contributed by atoms with van der Waals surface area (Å²) in [6.45, 7) is 1.65. The van der Waals surface area contributed by atoms with Crippen LogP contribution in [0.3, 0.4) is 0 Å². The fourth-order valence-electron chi connectivity index (χ4n) is 1.41. The Bertz CT molecular complexity index is 652. The highest BCUT2D eigenvalue weighted by atomic mass is 32.2. The van der Waals surface area contributed by atoms with Gasteiger partial charge in [-0.15, -0.1) is 0 Å². The molecule has 1 aromatic heterocycles. The molecule has 2 aromatic rings. The number of hydrogen-bond acceptors (Lipinski definition) is 4. The van der Waals surface area contributed by atoms with Gasteiger partial charge in [0.2, 0.25) is 10.0 Å². The Hall–Kier alpha value is -1.73. The van der Waals surface area contributed by atoms with Crippen LogP contribution in [0.1, 0.15) is 11.5 Å². The molecule has 0 atom stereocenters. The van der Waals surface area contributed by atoms with Crippen molar-refractivity contribution in [1.29, 1.82) is 0 Å². The SMILES string of the molecule is Cc1cc(CNS(=O)(=O)c2ccccc2F)on1. The molecule has 2 rings (SSSR count). The summed E-state index contributed by atoms with van der Waals surface area (Å²) in [4.78, 5) is -0.388. The van der Waals surface area contributed by atoms with E-state index in [0.717, 1.165) is 6.07 Å². The summed E-state index contributed by atoms with van der Waals surface area (Å²) in [5.41, 5.74) is 0.648. The first-order valence-corrected chi connectivity index (χ1v) is 6.64.